The molecule has 1 aromatic heterocycles. The lowest BCUT2D eigenvalue weighted by Crippen LogP contribution is -2.31. The van der Waals surface area contributed by atoms with E-state index in [0.29, 0.717) is 0 Å². The van der Waals surface area contributed by atoms with Gasteiger partial charge in [-0.25, -0.2) is 4.98 Å². The van der Waals surface area contributed by atoms with E-state index in [2.05, 4.69) is 45.3 Å². The molecule has 3 rings (SSSR count). The molecular formula is C16H21N3S. The van der Waals surface area contributed by atoms with Gasteiger partial charge >= 0.3 is 0 Å². The highest BCUT2D eigenvalue weighted by molar-refractivity contribution is 7.09. The van der Waals surface area contributed by atoms with Gasteiger partial charge < -0.3 is 10.6 Å². The number of hydrogen-bond donors (Lipinski definition) is 2. The van der Waals surface area contributed by atoms with Crippen LogP contribution >= 0.6 is 11.3 Å². The second-order valence-corrected chi connectivity index (χ2v) is 6.47. The van der Waals surface area contributed by atoms with Crippen LogP contribution < -0.4 is 10.6 Å². The molecule has 2 aromatic rings. The molecule has 1 aliphatic rings. The highest BCUT2D eigenvalue weighted by Gasteiger charge is 2.12. The second kappa shape index (κ2) is 6.37. The number of benzene rings is 1. The first-order chi connectivity index (χ1) is 9.81. The summed E-state index contributed by atoms with van der Waals surface area (Å²) in [5, 5.41) is 10.2. The van der Waals surface area contributed by atoms with Crippen LogP contribution in [0.1, 0.15) is 17.8 Å². The van der Waals surface area contributed by atoms with Gasteiger partial charge in [-0.3, -0.25) is 0 Å². The molecule has 0 spiro atoms. The molecule has 1 saturated heterocycles. The van der Waals surface area contributed by atoms with E-state index in [1.165, 1.54) is 24.1 Å². The topological polar surface area (TPSA) is 37.0 Å². The monoisotopic (exact) mass is 287 g/mol. The Balaban J connectivity index is 1.58. The summed E-state index contributed by atoms with van der Waals surface area (Å²) in [6, 6.07) is 8.62. The van der Waals surface area contributed by atoms with Crippen molar-refractivity contribution < 1.29 is 0 Å². The number of piperidine rings is 1. The summed E-state index contributed by atoms with van der Waals surface area (Å²) in [6.07, 6.45) is 2.56. The molecule has 0 aliphatic carbocycles. The number of thiazole rings is 1. The van der Waals surface area contributed by atoms with E-state index < -0.39 is 0 Å². The summed E-state index contributed by atoms with van der Waals surface area (Å²) in [7, 11) is 0. The standard InChI is InChI=1S/C16H21N3S/c1-12-19-16(11-20-12)14-2-4-15(5-3-14)18-10-13-6-8-17-9-7-13/h2-5,11,13,17-18H,6-10H2,1H3. The zero-order valence-corrected chi connectivity index (χ0v) is 12.7. The largest absolute Gasteiger partial charge is 0.385 e. The number of rotatable bonds is 4. The summed E-state index contributed by atoms with van der Waals surface area (Å²) in [5.74, 6) is 0.803. The number of aryl methyl sites for hydroxylation is 1. The zero-order valence-electron chi connectivity index (χ0n) is 11.9. The molecule has 0 amide bonds. The minimum Gasteiger partial charge on any atom is -0.385 e. The first-order valence-electron chi connectivity index (χ1n) is 7.28. The number of hydrogen-bond acceptors (Lipinski definition) is 4. The van der Waals surface area contributed by atoms with Crippen LogP contribution in [0.25, 0.3) is 11.3 Å². The van der Waals surface area contributed by atoms with Crippen LogP contribution in [0.4, 0.5) is 5.69 Å². The normalized spacial score (nSPS) is 16.2. The minimum atomic E-state index is 0.803. The Morgan fingerprint density at radius 3 is 2.65 bits per heavy atom. The van der Waals surface area contributed by atoms with Crippen LogP contribution in [0.2, 0.25) is 0 Å². The van der Waals surface area contributed by atoms with Crippen molar-refractivity contribution in [1.29, 1.82) is 0 Å². The van der Waals surface area contributed by atoms with Crippen molar-refractivity contribution in [1.82, 2.24) is 10.3 Å². The SMILES string of the molecule is Cc1nc(-c2ccc(NCC3CCNCC3)cc2)cs1. The van der Waals surface area contributed by atoms with E-state index in [-0.39, 0.29) is 0 Å². The third-order valence-electron chi connectivity index (χ3n) is 3.85. The van der Waals surface area contributed by atoms with E-state index in [4.69, 9.17) is 0 Å². The Labute approximate surface area is 124 Å². The van der Waals surface area contributed by atoms with Crippen LogP contribution in [0.5, 0.6) is 0 Å². The van der Waals surface area contributed by atoms with E-state index >= 15 is 0 Å². The average Bonchev–Trinajstić information content (AvgIpc) is 2.93. The number of aromatic nitrogens is 1. The first kappa shape index (κ1) is 13.6. The molecule has 2 heterocycles. The van der Waals surface area contributed by atoms with Gasteiger partial charge in [0.25, 0.3) is 0 Å². The van der Waals surface area contributed by atoms with E-state index in [1.807, 2.05) is 6.92 Å². The van der Waals surface area contributed by atoms with Gasteiger partial charge in [0, 0.05) is 23.2 Å². The molecule has 0 unspecified atom stereocenters. The van der Waals surface area contributed by atoms with Crippen molar-refractivity contribution in [3.8, 4) is 11.3 Å². The van der Waals surface area contributed by atoms with Crippen molar-refractivity contribution in [2.24, 2.45) is 5.92 Å². The Morgan fingerprint density at radius 2 is 2.00 bits per heavy atom. The van der Waals surface area contributed by atoms with E-state index in [9.17, 15) is 0 Å². The minimum absolute atomic E-state index is 0.803. The summed E-state index contributed by atoms with van der Waals surface area (Å²) in [4.78, 5) is 4.52. The van der Waals surface area contributed by atoms with Gasteiger partial charge in [0.1, 0.15) is 0 Å². The molecule has 2 N–H and O–H groups in total. The number of anilines is 1. The Morgan fingerprint density at radius 1 is 1.25 bits per heavy atom. The van der Waals surface area contributed by atoms with E-state index in [1.54, 1.807) is 11.3 Å². The average molecular weight is 287 g/mol. The molecule has 0 atom stereocenters. The van der Waals surface area contributed by atoms with Crippen LogP contribution in [0.3, 0.4) is 0 Å². The molecule has 0 radical (unpaired) electrons. The van der Waals surface area contributed by atoms with Crippen molar-refractivity contribution in [3.05, 3.63) is 34.7 Å². The highest BCUT2D eigenvalue weighted by atomic mass is 32.1. The van der Waals surface area contributed by atoms with Gasteiger partial charge in [-0.05, 0) is 50.9 Å². The first-order valence-corrected chi connectivity index (χ1v) is 8.16. The maximum Gasteiger partial charge on any atom is 0.0901 e. The smallest absolute Gasteiger partial charge is 0.0901 e. The number of nitrogens with zero attached hydrogens (tertiary/aromatic N) is 1. The van der Waals surface area contributed by atoms with Crippen molar-refractivity contribution in [2.75, 3.05) is 25.0 Å². The van der Waals surface area contributed by atoms with Crippen molar-refractivity contribution in [2.45, 2.75) is 19.8 Å². The molecular weight excluding hydrogens is 266 g/mol. The van der Waals surface area contributed by atoms with Crippen LogP contribution in [0, 0.1) is 12.8 Å². The molecule has 1 fully saturated rings. The third kappa shape index (κ3) is 3.38. The Kier molecular flexibility index (Phi) is 4.33. The van der Waals surface area contributed by atoms with Crippen molar-refractivity contribution >= 4 is 17.0 Å². The predicted molar refractivity (Wildman–Crippen MR) is 86.4 cm³/mol. The fraction of sp³-hybridized carbons (Fsp3) is 0.438. The Bertz CT molecular complexity index is 541. The third-order valence-corrected chi connectivity index (χ3v) is 4.63. The molecule has 106 valence electrons. The Hall–Kier alpha value is -1.39. The van der Waals surface area contributed by atoms with Gasteiger partial charge in [0.05, 0.1) is 10.7 Å². The quantitative estimate of drug-likeness (QED) is 0.903. The van der Waals surface area contributed by atoms with Crippen LogP contribution in [0.15, 0.2) is 29.6 Å². The number of nitrogens with one attached hydrogen (secondary N) is 2. The molecule has 3 nitrogen and oxygen atoms in total. The summed E-state index contributed by atoms with van der Waals surface area (Å²) in [6.45, 7) is 5.45. The molecule has 0 saturated carbocycles. The molecule has 4 heteroatoms. The molecule has 1 aromatic carbocycles. The second-order valence-electron chi connectivity index (χ2n) is 5.40. The lowest BCUT2D eigenvalue weighted by Gasteiger charge is -2.23. The van der Waals surface area contributed by atoms with Crippen molar-refractivity contribution in [3.63, 3.8) is 0 Å². The maximum absolute atomic E-state index is 4.52. The van der Waals surface area contributed by atoms with Crippen LogP contribution in [-0.2, 0) is 0 Å². The molecule has 20 heavy (non-hydrogen) atoms. The van der Waals surface area contributed by atoms with E-state index in [0.717, 1.165) is 36.3 Å². The highest BCUT2D eigenvalue weighted by Crippen LogP contribution is 2.23. The van der Waals surface area contributed by atoms with Crippen LogP contribution in [-0.4, -0.2) is 24.6 Å². The fourth-order valence-corrected chi connectivity index (χ4v) is 3.22. The van der Waals surface area contributed by atoms with Gasteiger partial charge in [-0.15, -0.1) is 11.3 Å². The molecule has 0 bridgehead atoms. The zero-order chi connectivity index (χ0) is 13.8. The predicted octanol–water partition coefficient (Wildman–Crippen LogP) is 3.53. The lowest BCUT2D eigenvalue weighted by atomic mass is 9.98. The van der Waals surface area contributed by atoms with Gasteiger partial charge in [-0.1, -0.05) is 12.1 Å². The fourth-order valence-electron chi connectivity index (χ4n) is 2.60. The molecule has 1 aliphatic heterocycles. The summed E-state index contributed by atoms with van der Waals surface area (Å²) in [5.41, 5.74) is 3.48. The summed E-state index contributed by atoms with van der Waals surface area (Å²) >= 11 is 1.70. The van der Waals surface area contributed by atoms with Gasteiger partial charge in [0.2, 0.25) is 0 Å². The maximum atomic E-state index is 4.52. The van der Waals surface area contributed by atoms with Gasteiger partial charge in [0.15, 0.2) is 0 Å². The summed E-state index contributed by atoms with van der Waals surface area (Å²) < 4.78 is 0. The van der Waals surface area contributed by atoms with Gasteiger partial charge in [-0.2, -0.15) is 0 Å². The lowest BCUT2D eigenvalue weighted by molar-refractivity contribution is 0.390.